The third kappa shape index (κ3) is 4.15. The predicted molar refractivity (Wildman–Crippen MR) is 75.7 cm³/mol. The Bertz CT molecular complexity index is 371. The maximum absolute atomic E-state index is 5.51. The fourth-order valence-corrected chi connectivity index (χ4v) is 2.32. The highest BCUT2D eigenvalue weighted by Gasteiger charge is 2.12. The van der Waals surface area contributed by atoms with Gasteiger partial charge >= 0.3 is 0 Å². The lowest BCUT2D eigenvalue weighted by atomic mass is 10.1. The first-order chi connectivity index (χ1) is 8.74. The largest absolute Gasteiger partial charge is 0.495 e. The molecule has 0 spiro atoms. The summed E-state index contributed by atoms with van der Waals surface area (Å²) in [4.78, 5) is 0. The molecule has 0 aliphatic carbocycles. The number of hydrogen-bond donors (Lipinski definition) is 1. The zero-order chi connectivity index (χ0) is 13.4. The number of nitrogens with one attached hydrogen (secondary N) is 1. The number of likely N-dealkylation sites (N-methyl/N-ethyl adjacent to an activating group) is 1. The van der Waals surface area contributed by atoms with Crippen LogP contribution in [-0.4, -0.2) is 41.0 Å². The second-order valence-electron chi connectivity index (χ2n) is 3.74. The van der Waals surface area contributed by atoms with Crippen molar-refractivity contribution < 1.29 is 14.2 Å². The standard InChI is InChI=1S/C13H20BrNO3/c1-15-7-9-18-8-6-10-4-5-11(16-2)12(14)13(10)17-3/h4-5,15H,6-9H2,1-3H3. The molecule has 4 nitrogen and oxygen atoms in total. The molecule has 5 heteroatoms. The second-order valence-corrected chi connectivity index (χ2v) is 4.53. The van der Waals surface area contributed by atoms with Gasteiger partial charge in [0.25, 0.3) is 0 Å². The molecule has 0 bridgehead atoms. The van der Waals surface area contributed by atoms with Crippen molar-refractivity contribution in [3.63, 3.8) is 0 Å². The van der Waals surface area contributed by atoms with E-state index in [0.717, 1.165) is 41.1 Å². The van der Waals surface area contributed by atoms with Crippen molar-refractivity contribution in [2.24, 2.45) is 0 Å². The molecule has 0 aliphatic rings. The van der Waals surface area contributed by atoms with Crippen LogP contribution in [0.2, 0.25) is 0 Å². The molecule has 1 N–H and O–H groups in total. The number of halogens is 1. The second kappa shape index (κ2) is 8.34. The minimum Gasteiger partial charge on any atom is -0.495 e. The molecule has 0 fully saturated rings. The molecular weight excluding hydrogens is 298 g/mol. The maximum Gasteiger partial charge on any atom is 0.140 e. The van der Waals surface area contributed by atoms with Crippen LogP contribution < -0.4 is 14.8 Å². The third-order valence-electron chi connectivity index (χ3n) is 2.58. The van der Waals surface area contributed by atoms with Crippen LogP contribution in [0.3, 0.4) is 0 Å². The topological polar surface area (TPSA) is 39.7 Å². The van der Waals surface area contributed by atoms with Gasteiger partial charge in [-0.2, -0.15) is 0 Å². The van der Waals surface area contributed by atoms with E-state index in [-0.39, 0.29) is 0 Å². The van der Waals surface area contributed by atoms with Crippen LogP contribution >= 0.6 is 15.9 Å². The molecule has 0 radical (unpaired) electrons. The normalized spacial score (nSPS) is 10.4. The van der Waals surface area contributed by atoms with Gasteiger partial charge in [0.2, 0.25) is 0 Å². The Morgan fingerprint density at radius 2 is 1.94 bits per heavy atom. The van der Waals surface area contributed by atoms with Gasteiger partial charge in [0.05, 0.1) is 27.4 Å². The summed E-state index contributed by atoms with van der Waals surface area (Å²) >= 11 is 3.49. The molecule has 0 aliphatic heterocycles. The predicted octanol–water partition coefficient (Wildman–Crippen LogP) is 2.24. The van der Waals surface area contributed by atoms with Crippen LogP contribution in [-0.2, 0) is 11.2 Å². The Balaban J connectivity index is 2.62. The van der Waals surface area contributed by atoms with Crippen molar-refractivity contribution in [1.29, 1.82) is 0 Å². The van der Waals surface area contributed by atoms with Crippen molar-refractivity contribution in [2.75, 3.05) is 41.0 Å². The third-order valence-corrected chi connectivity index (χ3v) is 3.33. The summed E-state index contributed by atoms with van der Waals surface area (Å²) in [5.41, 5.74) is 1.11. The monoisotopic (exact) mass is 317 g/mol. The van der Waals surface area contributed by atoms with E-state index in [1.54, 1.807) is 14.2 Å². The lowest BCUT2D eigenvalue weighted by Crippen LogP contribution is -2.15. The van der Waals surface area contributed by atoms with E-state index in [2.05, 4.69) is 21.2 Å². The molecule has 0 atom stereocenters. The molecule has 0 aromatic heterocycles. The number of hydrogen-bond acceptors (Lipinski definition) is 4. The van der Waals surface area contributed by atoms with E-state index in [4.69, 9.17) is 14.2 Å². The Hall–Kier alpha value is -0.780. The van der Waals surface area contributed by atoms with Crippen molar-refractivity contribution in [3.8, 4) is 11.5 Å². The van der Waals surface area contributed by atoms with Crippen molar-refractivity contribution in [3.05, 3.63) is 22.2 Å². The Kier molecular flexibility index (Phi) is 7.08. The molecule has 1 aromatic rings. The number of methoxy groups -OCH3 is 2. The fourth-order valence-electron chi connectivity index (χ4n) is 1.61. The smallest absolute Gasteiger partial charge is 0.140 e. The molecule has 1 aromatic carbocycles. The highest BCUT2D eigenvalue weighted by Crippen LogP contribution is 2.37. The van der Waals surface area contributed by atoms with E-state index in [1.807, 2.05) is 19.2 Å². The van der Waals surface area contributed by atoms with Gasteiger partial charge in [-0.3, -0.25) is 0 Å². The zero-order valence-corrected chi connectivity index (χ0v) is 12.7. The highest BCUT2D eigenvalue weighted by atomic mass is 79.9. The molecule has 1 rings (SSSR count). The van der Waals surface area contributed by atoms with Crippen LogP contribution in [0.15, 0.2) is 16.6 Å². The Morgan fingerprint density at radius 1 is 1.17 bits per heavy atom. The van der Waals surface area contributed by atoms with Gasteiger partial charge in [0.15, 0.2) is 0 Å². The van der Waals surface area contributed by atoms with Crippen LogP contribution in [0, 0.1) is 0 Å². The molecule has 102 valence electrons. The summed E-state index contributed by atoms with van der Waals surface area (Å²) < 4.78 is 17.0. The minimum atomic E-state index is 0.677. The van der Waals surface area contributed by atoms with Crippen molar-refractivity contribution in [1.82, 2.24) is 5.32 Å². The molecule has 0 unspecified atom stereocenters. The lowest BCUT2D eigenvalue weighted by Gasteiger charge is -2.13. The minimum absolute atomic E-state index is 0.677. The van der Waals surface area contributed by atoms with Gasteiger partial charge in [-0.25, -0.2) is 0 Å². The Morgan fingerprint density at radius 3 is 2.56 bits per heavy atom. The van der Waals surface area contributed by atoms with E-state index in [0.29, 0.717) is 6.61 Å². The molecular formula is C13H20BrNO3. The van der Waals surface area contributed by atoms with Gasteiger partial charge in [0, 0.05) is 6.54 Å². The molecule has 0 amide bonds. The van der Waals surface area contributed by atoms with E-state index >= 15 is 0 Å². The van der Waals surface area contributed by atoms with Gasteiger partial charge < -0.3 is 19.5 Å². The van der Waals surface area contributed by atoms with Gasteiger partial charge in [0.1, 0.15) is 16.0 Å². The van der Waals surface area contributed by atoms with Crippen LogP contribution in [0.1, 0.15) is 5.56 Å². The fraction of sp³-hybridized carbons (Fsp3) is 0.538. The summed E-state index contributed by atoms with van der Waals surface area (Å²) in [6.45, 7) is 2.26. The number of rotatable bonds is 8. The molecule has 0 saturated heterocycles. The average Bonchev–Trinajstić information content (AvgIpc) is 2.39. The first-order valence-corrected chi connectivity index (χ1v) is 6.65. The van der Waals surface area contributed by atoms with Gasteiger partial charge in [-0.05, 0) is 41.0 Å². The van der Waals surface area contributed by atoms with Crippen LogP contribution in [0.4, 0.5) is 0 Å². The quantitative estimate of drug-likeness (QED) is 0.746. The highest BCUT2D eigenvalue weighted by molar-refractivity contribution is 9.10. The van der Waals surface area contributed by atoms with Crippen molar-refractivity contribution >= 4 is 15.9 Å². The summed E-state index contributed by atoms with van der Waals surface area (Å²) in [5, 5.41) is 3.04. The maximum atomic E-state index is 5.51. The Labute approximate surface area is 117 Å². The van der Waals surface area contributed by atoms with Crippen LogP contribution in [0.5, 0.6) is 11.5 Å². The average molecular weight is 318 g/mol. The summed E-state index contributed by atoms with van der Waals surface area (Å²) in [6.07, 6.45) is 0.815. The van der Waals surface area contributed by atoms with E-state index in [9.17, 15) is 0 Å². The lowest BCUT2D eigenvalue weighted by molar-refractivity contribution is 0.140. The summed E-state index contributed by atoms with van der Waals surface area (Å²) in [5.74, 6) is 1.58. The van der Waals surface area contributed by atoms with E-state index in [1.165, 1.54) is 0 Å². The van der Waals surface area contributed by atoms with Crippen molar-refractivity contribution in [2.45, 2.75) is 6.42 Å². The summed E-state index contributed by atoms with van der Waals surface area (Å²) in [7, 11) is 5.21. The van der Waals surface area contributed by atoms with Crippen LogP contribution in [0.25, 0.3) is 0 Å². The summed E-state index contributed by atoms with van der Waals surface area (Å²) in [6, 6.07) is 3.93. The van der Waals surface area contributed by atoms with Gasteiger partial charge in [-0.1, -0.05) is 6.07 Å². The SMILES string of the molecule is CNCCOCCc1ccc(OC)c(Br)c1OC. The number of benzene rings is 1. The first-order valence-electron chi connectivity index (χ1n) is 5.86. The molecule has 0 heterocycles. The molecule has 0 saturated carbocycles. The van der Waals surface area contributed by atoms with E-state index < -0.39 is 0 Å². The number of ether oxygens (including phenoxy) is 3. The molecule has 18 heavy (non-hydrogen) atoms. The zero-order valence-electron chi connectivity index (χ0n) is 11.1. The first kappa shape index (κ1) is 15.3. The van der Waals surface area contributed by atoms with Gasteiger partial charge in [-0.15, -0.1) is 0 Å².